The number of fused-ring (bicyclic) bond motifs is 1. The molecule has 0 spiro atoms. The molecule has 3 heteroatoms. The Bertz CT molecular complexity index is 390. The van der Waals surface area contributed by atoms with Crippen LogP contribution in [0.1, 0.15) is 36.3 Å². The fraction of sp³-hybridized carbons (Fsp3) is 0.500. The van der Waals surface area contributed by atoms with Crippen LogP contribution in [0.4, 0.5) is 0 Å². The molecule has 17 heavy (non-hydrogen) atoms. The van der Waals surface area contributed by atoms with Crippen LogP contribution in [0.2, 0.25) is 0 Å². The van der Waals surface area contributed by atoms with E-state index in [1.54, 1.807) is 0 Å². The van der Waals surface area contributed by atoms with Gasteiger partial charge in [0.15, 0.2) is 0 Å². The Morgan fingerprint density at radius 2 is 2.18 bits per heavy atom. The van der Waals surface area contributed by atoms with Crippen LogP contribution < -0.4 is 5.32 Å². The van der Waals surface area contributed by atoms with Gasteiger partial charge in [-0.1, -0.05) is 24.3 Å². The van der Waals surface area contributed by atoms with Crippen LogP contribution in [0.25, 0.3) is 0 Å². The molecule has 1 unspecified atom stereocenters. The first-order valence-electron chi connectivity index (χ1n) is 6.27. The van der Waals surface area contributed by atoms with Crippen LogP contribution in [0, 0.1) is 0 Å². The second kappa shape index (κ2) is 5.82. The molecule has 0 amide bonds. The first-order valence-corrected chi connectivity index (χ1v) is 6.27. The van der Waals surface area contributed by atoms with Gasteiger partial charge in [0.2, 0.25) is 0 Å². The highest BCUT2D eigenvalue weighted by Crippen LogP contribution is 2.33. The van der Waals surface area contributed by atoms with Crippen molar-refractivity contribution in [3.63, 3.8) is 0 Å². The Hall–Kier alpha value is -1.35. The molecule has 2 N–H and O–H groups in total. The summed E-state index contributed by atoms with van der Waals surface area (Å²) in [5.74, 6) is -0.0383. The Labute approximate surface area is 102 Å². The zero-order valence-electron chi connectivity index (χ0n) is 9.98. The van der Waals surface area contributed by atoms with Gasteiger partial charge in [-0.3, -0.25) is 4.79 Å². The predicted octanol–water partition coefficient (Wildman–Crippen LogP) is 2.17. The van der Waals surface area contributed by atoms with Crippen molar-refractivity contribution >= 4 is 5.97 Å². The molecule has 0 saturated carbocycles. The number of nitrogens with one attached hydrogen (secondary N) is 1. The van der Waals surface area contributed by atoms with Crippen molar-refractivity contribution in [2.75, 3.05) is 13.1 Å². The third kappa shape index (κ3) is 3.30. The second-order valence-electron chi connectivity index (χ2n) is 4.65. The van der Waals surface area contributed by atoms with Gasteiger partial charge in [-0.2, -0.15) is 0 Å². The van der Waals surface area contributed by atoms with Crippen LogP contribution in [0.15, 0.2) is 24.3 Å². The Morgan fingerprint density at radius 1 is 1.35 bits per heavy atom. The Morgan fingerprint density at radius 3 is 2.94 bits per heavy atom. The molecule has 0 heterocycles. The molecule has 1 aromatic carbocycles. The minimum absolute atomic E-state index is 0.286. The van der Waals surface area contributed by atoms with Crippen LogP contribution in [0.3, 0.4) is 0 Å². The van der Waals surface area contributed by atoms with Gasteiger partial charge in [0.25, 0.3) is 0 Å². The highest BCUT2D eigenvalue weighted by molar-refractivity contribution is 5.66. The van der Waals surface area contributed by atoms with Crippen molar-refractivity contribution in [3.8, 4) is 0 Å². The summed E-state index contributed by atoms with van der Waals surface area (Å²) >= 11 is 0. The second-order valence-corrected chi connectivity index (χ2v) is 4.65. The molecule has 2 rings (SSSR count). The van der Waals surface area contributed by atoms with Crippen molar-refractivity contribution < 1.29 is 9.90 Å². The average molecular weight is 233 g/mol. The van der Waals surface area contributed by atoms with Crippen molar-refractivity contribution in [1.29, 1.82) is 0 Å². The lowest BCUT2D eigenvalue weighted by molar-refractivity contribution is -0.137. The number of hydrogen-bond donors (Lipinski definition) is 2. The van der Waals surface area contributed by atoms with Gasteiger partial charge in [-0.25, -0.2) is 0 Å². The van der Waals surface area contributed by atoms with E-state index in [2.05, 4.69) is 29.6 Å². The fourth-order valence-corrected chi connectivity index (χ4v) is 2.35. The van der Waals surface area contributed by atoms with Gasteiger partial charge < -0.3 is 10.4 Å². The summed E-state index contributed by atoms with van der Waals surface area (Å²) in [4.78, 5) is 10.3. The molecule has 0 aromatic heterocycles. The van der Waals surface area contributed by atoms with Gasteiger partial charge in [0.05, 0.1) is 0 Å². The summed E-state index contributed by atoms with van der Waals surface area (Å²) in [6, 6.07) is 8.58. The molecule has 1 atom stereocenters. The van der Waals surface area contributed by atoms with E-state index in [4.69, 9.17) is 5.11 Å². The highest BCUT2D eigenvalue weighted by atomic mass is 16.4. The monoisotopic (exact) mass is 233 g/mol. The summed E-state index contributed by atoms with van der Waals surface area (Å²) < 4.78 is 0. The summed E-state index contributed by atoms with van der Waals surface area (Å²) in [5, 5.41) is 11.9. The van der Waals surface area contributed by atoms with Gasteiger partial charge in [-0.05, 0) is 36.9 Å². The average Bonchev–Trinajstić information content (AvgIpc) is 2.28. The van der Waals surface area contributed by atoms with E-state index in [0.717, 1.165) is 25.9 Å². The maximum atomic E-state index is 10.3. The zero-order valence-corrected chi connectivity index (χ0v) is 9.98. The smallest absolute Gasteiger partial charge is 0.303 e. The Kier molecular flexibility index (Phi) is 4.15. The summed E-state index contributed by atoms with van der Waals surface area (Å²) in [7, 11) is 0. The summed E-state index contributed by atoms with van der Waals surface area (Å²) in [6.07, 6.45) is 3.18. The van der Waals surface area contributed by atoms with Gasteiger partial charge >= 0.3 is 5.97 Å². The maximum absolute atomic E-state index is 10.3. The molecule has 1 aliphatic rings. The first kappa shape index (κ1) is 12.1. The molecule has 3 nitrogen and oxygen atoms in total. The van der Waals surface area contributed by atoms with Crippen molar-refractivity contribution in [1.82, 2.24) is 5.32 Å². The van der Waals surface area contributed by atoms with Crippen molar-refractivity contribution in [2.45, 2.75) is 31.6 Å². The van der Waals surface area contributed by atoms with E-state index >= 15 is 0 Å². The number of carboxylic acid groups (broad SMARTS) is 1. The summed E-state index contributed by atoms with van der Waals surface area (Å²) in [6.45, 7) is 1.94. The van der Waals surface area contributed by atoms with E-state index in [-0.39, 0.29) is 6.42 Å². The van der Waals surface area contributed by atoms with E-state index in [1.165, 1.54) is 17.5 Å². The minimum Gasteiger partial charge on any atom is -0.481 e. The minimum atomic E-state index is -0.696. The third-order valence-corrected chi connectivity index (χ3v) is 3.35. The molecule has 0 saturated heterocycles. The number of aliphatic carboxylic acids is 1. The van der Waals surface area contributed by atoms with Crippen LogP contribution in [-0.4, -0.2) is 24.2 Å². The zero-order chi connectivity index (χ0) is 12.1. The largest absolute Gasteiger partial charge is 0.481 e. The molecule has 1 aromatic rings. The van der Waals surface area contributed by atoms with E-state index in [0.29, 0.717) is 5.92 Å². The highest BCUT2D eigenvalue weighted by Gasteiger charge is 2.24. The van der Waals surface area contributed by atoms with Crippen LogP contribution in [0.5, 0.6) is 0 Å². The first-order chi connectivity index (χ1) is 8.27. The maximum Gasteiger partial charge on any atom is 0.303 e. The lowest BCUT2D eigenvalue weighted by Crippen LogP contribution is -2.29. The molecule has 0 fully saturated rings. The van der Waals surface area contributed by atoms with Crippen LogP contribution in [-0.2, 0) is 11.2 Å². The SMILES string of the molecule is O=C(O)CCCCNCC1Cc2ccccc21. The van der Waals surface area contributed by atoms with Gasteiger partial charge in [0.1, 0.15) is 0 Å². The van der Waals surface area contributed by atoms with Gasteiger partial charge in [-0.15, -0.1) is 0 Å². The normalized spacial score (nSPS) is 17.3. The molecular formula is C14H19NO2. The van der Waals surface area contributed by atoms with Crippen LogP contribution >= 0.6 is 0 Å². The Balaban J connectivity index is 1.57. The molecule has 0 bridgehead atoms. The number of hydrogen-bond acceptors (Lipinski definition) is 2. The number of unbranched alkanes of at least 4 members (excludes halogenated alkanes) is 1. The van der Waals surface area contributed by atoms with Crippen molar-refractivity contribution in [3.05, 3.63) is 35.4 Å². The molecule has 0 radical (unpaired) electrons. The molecular weight excluding hydrogens is 214 g/mol. The van der Waals surface area contributed by atoms with Gasteiger partial charge in [0, 0.05) is 18.9 Å². The van der Waals surface area contributed by atoms with Crippen molar-refractivity contribution in [2.24, 2.45) is 0 Å². The standard InChI is InChI=1S/C14H19NO2/c16-14(17)7-3-4-8-15-10-12-9-11-5-1-2-6-13(11)12/h1-2,5-6,12,15H,3-4,7-10H2,(H,16,17). The number of carbonyl (C=O) groups is 1. The van der Waals surface area contributed by atoms with E-state index in [1.807, 2.05) is 0 Å². The number of carboxylic acids is 1. The number of rotatable bonds is 7. The topological polar surface area (TPSA) is 49.3 Å². The lowest BCUT2D eigenvalue weighted by Gasteiger charge is -2.30. The lowest BCUT2D eigenvalue weighted by atomic mass is 9.77. The molecule has 0 aliphatic heterocycles. The number of benzene rings is 1. The molecule has 1 aliphatic carbocycles. The quantitative estimate of drug-likeness (QED) is 0.710. The van der Waals surface area contributed by atoms with E-state index in [9.17, 15) is 4.79 Å². The van der Waals surface area contributed by atoms with E-state index < -0.39 is 5.97 Å². The third-order valence-electron chi connectivity index (χ3n) is 3.35. The fourth-order valence-electron chi connectivity index (χ4n) is 2.35. The molecule has 92 valence electrons. The predicted molar refractivity (Wildman–Crippen MR) is 67.2 cm³/mol. The summed E-state index contributed by atoms with van der Waals surface area (Å²) in [5.41, 5.74) is 2.95.